The average molecular weight is 207 g/mol. The second-order valence-electron chi connectivity index (χ2n) is 3.31. The number of aryl methyl sites for hydroxylation is 2. The molecule has 6 heteroatoms. The molecule has 0 amide bonds. The number of aromatic nitrogens is 5. The van der Waals surface area contributed by atoms with Gasteiger partial charge in [0.25, 0.3) is 0 Å². The summed E-state index contributed by atoms with van der Waals surface area (Å²) in [6.45, 7) is 3.22. The van der Waals surface area contributed by atoms with E-state index in [0.717, 1.165) is 12.4 Å². The van der Waals surface area contributed by atoms with Gasteiger partial charge in [-0.05, 0) is 6.92 Å². The van der Waals surface area contributed by atoms with Gasteiger partial charge in [0.05, 0.1) is 6.54 Å². The van der Waals surface area contributed by atoms with Crippen molar-refractivity contribution in [3.63, 3.8) is 0 Å². The second kappa shape index (κ2) is 3.72. The minimum atomic E-state index is -0.0411. The van der Waals surface area contributed by atoms with Crippen molar-refractivity contribution in [1.29, 1.82) is 0 Å². The molecule has 0 aromatic carbocycles. The molecular weight excluding hydrogens is 194 g/mol. The van der Waals surface area contributed by atoms with Crippen LogP contribution in [0.1, 0.15) is 12.7 Å². The van der Waals surface area contributed by atoms with Crippen molar-refractivity contribution in [3.8, 4) is 0 Å². The lowest BCUT2D eigenvalue weighted by atomic mass is 10.5. The average Bonchev–Trinajstić information content (AvgIpc) is 2.80. The Labute approximate surface area is 86.8 Å². The smallest absolute Gasteiger partial charge is 0.302 e. The van der Waals surface area contributed by atoms with Crippen LogP contribution < -0.4 is 5.69 Å². The highest BCUT2D eigenvalue weighted by Gasteiger charge is 2.06. The molecule has 0 saturated carbocycles. The van der Waals surface area contributed by atoms with Gasteiger partial charge in [-0.25, -0.2) is 14.5 Å². The van der Waals surface area contributed by atoms with Crippen LogP contribution in [0.3, 0.4) is 0 Å². The highest BCUT2D eigenvalue weighted by atomic mass is 16.1. The molecule has 0 saturated heterocycles. The quantitative estimate of drug-likeness (QED) is 0.703. The van der Waals surface area contributed by atoms with E-state index in [-0.39, 0.29) is 5.69 Å². The monoisotopic (exact) mass is 207 g/mol. The second-order valence-corrected chi connectivity index (χ2v) is 3.31. The van der Waals surface area contributed by atoms with Crippen molar-refractivity contribution in [1.82, 2.24) is 23.9 Å². The first kappa shape index (κ1) is 9.70. The van der Waals surface area contributed by atoms with Gasteiger partial charge in [0.2, 0.25) is 0 Å². The van der Waals surface area contributed by atoms with Crippen LogP contribution in [0.15, 0.2) is 23.5 Å². The van der Waals surface area contributed by atoms with Crippen LogP contribution in [0.2, 0.25) is 0 Å². The van der Waals surface area contributed by atoms with Gasteiger partial charge in [0.1, 0.15) is 12.2 Å². The van der Waals surface area contributed by atoms with E-state index in [1.54, 1.807) is 28.7 Å². The highest BCUT2D eigenvalue weighted by molar-refractivity contribution is 4.90. The first-order valence-electron chi connectivity index (χ1n) is 4.81. The highest BCUT2D eigenvalue weighted by Crippen LogP contribution is 1.96. The normalized spacial score (nSPS) is 10.8. The van der Waals surface area contributed by atoms with E-state index in [4.69, 9.17) is 0 Å². The lowest BCUT2D eigenvalue weighted by molar-refractivity contribution is 0.582. The molecule has 6 nitrogen and oxygen atoms in total. The van der Waals surface area contributed by atoms with Crippen molar-refractivity contribution < 1.29 is 0 Å². The van der Waals surface area contributed by atoms with E-state index in [0.29, 0.717) is 6.54 Å². The van der Waals surface area contributed by atoms with Crippen molar-refractivity contribution in [2.75, 3.05) is 0 Å². The summed E-state index contributed by atoms with van der Waals surface area (Å²) in [5.74, 6) is 0.797. The molecule has 15 heavy (non-hydrogen) atoms. The molecule has 2 heterocycles. The Hall–Kier alpha value is -1.85. The summed E-state index contributed by atoms with van der Waals surface area (Å²) in [7, 11) is 1.73. The SMILES string of the molecule is CCn1ncnc1Cn1ccn(C)c1=O. The third-order valence-corrected chi connectivity index (χ3v) is 2.32. The van der Waals surface area contributed by atoms with Crippen molar-refractivity contribution in [3.05, 3.63) is 35.0 Å². The standard InChI is InChI=1S/C9H13N5O/c1-3-14-8(10-7-11-14)6-13-5-4-12(2)9(13)15/h4-5,7H,3,6H2,1-2H3. The maximum absolute atomic E-state index is 11.6. The summed E-state index contributed by atoms with van der Waals surface area (Å²) in [6, 6.07) is 0. The Morgan fingerprint density at radius 3 is 2.80 bits per heavy atom. The van der Waals surface area contributed by atoms with Crippen LogP contribution >= 0.6 is 0 Å². The van der Waals surface area contributed by atoms with Crippen LogP contribution in [-0.4, -0.2) is 23.9 Å². The summed E-state index contributed by atoms with van der Waals surface area (Å²) in [6.07, 6.45) is 4.98. The molecule has 2 rings (SSSR count). The first-order valence-corrected chi connectivity index (χ1v) is 4.81. The summed E-state index contributed by atoms with van der Waals surface area (Å²) < 4.78 is 4.92. The van der Waals surface area contributed by atoms with Gasteiger partial charge < -0.3 is 4.57 Å². The van der Waals surface area contributed by atoms with E-state index < -0.39 is 0 Å². The summed E-state index contributed by atoms with van der Waals surface area (Å²) in [4.78, 5) is 15.7. The topological polar surface area (TPSA) is 57.6 Å². The summed E-state index contributed by atoms with van der Waals surface area (Å²) >= 11 is 0. The van der Waals surface area contributed by atoms with Crippen molar-refractivity contribution in [2.24, 2.45) is 7.05 Å². The number of hydrogen-bond acceptors (Lipinski definition) is 3. The molecule has 0 radical (unpaired) electrons. The fraction of sp³-hybridized carbons (Fsp3) is 0.444. The van der Waals surface area contributed by atoms with Gasteiger partial charge in [-0.1, -0.05) is 0 Å². The number of nitrogens with zero attached hydrogens (tertiary/aromatic N) is 5. The molecule has 0 atom stereocenters. The van der Waals surface area contributed by atoms with Crippen molar-refractivity contribution in [2.45, 2.75) is 20.0 Å². The van der Waals surface area contributed by atoms with Crippen LogP contribution in [0.4, 0.5) is 0 Å². The predicted molar refractivity (Wildman–Crippen MR) is 54.5 cm³/mol. The number of rotatable bonds is 3. The van der Waals surface area contributed by atoms with Crippen LogP contribution in [0.25, 0.3) is 0 Å². The zero-order valence-electron chi connectivity index (χ0n) is 8.79. The number of hydrogen-bond donors (Lipinski definition) is 0. The summed E-state index contributed by atoms with van der Waals surface area (Å²) in [5.41, 5.74) is -0.0411. The maximum Gasteiger partial charge on any atom is 0.328 e. The molecule has 2 aromatic heterocycles. The van der Waals surface area contributed by atoms with Gasteiger partial charge in [0, 0.05) is 26.0 Å². The Morgan fingerprint density at radius 1 is 1.40 bits per heavy atom. The van der Waals surface area contributed by atoms with Gasteiger partial charge in [-0.2, -0.15) is 5.10 Å². The zero-order chi connectivity index (χ0) is 10.8. The molecule has 0 fully saturated rings. The molecular formula is C9H13N5O. The number of imidazole rings is 1. The molecule has 0 unspecified atom stereocenters. The van der Waals surface area contributed by atoms with Gasteiger partial charge in [-0.3, -0.25) is 4.57 Å². The third-order valence-electron chi connectivity index (χ3n) is 2.32. The van der Waals surface area contributed by atoms with Crippen LogP contribution in [0.5, 0.6) is 0 Å². The van der Waals surface area contributed by atoms with Gasteiger partial charge in [0.15, 0.2) is 0 Å². The fourth-order valence-electron chi connectivity index (χ4n) is 1.46. The van der Waals surface area contributed by atoms with E-state index in [1.807, 2.05) is 6.92 Å². The molecule has 0 bridgehead atoms. The van der Waals surface area contributed by atoms with E-state index in [9.17, 15) is 4.79 Å². The van der Waals surface area contributed by atoms with Crippen LogP contribution in [-0.2, 0) is 20.1 Å². The summed E-state index contributed by atoms with van der Waals surface area (Å²) in [5, 5.41) is 4.05. The molecule has 0 aliphatic rings. The predicted octanol–water partition coefficient (Wildman–Crippen LogP) is -0.154. The molecule has 0 spiro atoms. The van der Waals surface area contributed by atoms with Crippen molar-refractivity contribution >= 4 is 0 Å². The molecule has 0 N–H and O–H groups in total. The van der Waals surface area contributed by atoms with E-state index in [2.05, 4.69) is 10.1 Å². The lowest BCUT2D eigenvalue weighted by Gasteiger charge is -2.02. The largest absolute Gasteiger partial charge is 0.328 e. The minimum absolute atomic E-state index is 0.0411. The van der Waals surface area contributed by atoms with Gasteiger partial charge in [-0.15, -0.1) is 0 Å². The lowest BCUT2D eigenvalue weighted by Crippen LogP contribution is -2.23. The molecule has 2 aromatic rings. The van der Waals surface area contributed by atoms with Crippen LogP contribution in [0, 0.1) is 0 Å². The Balaban J connectivity index is 2.29. The Morgan fingerprint density at radius 2 is 2.20 bits per heavy atom. The fourth-order valence-corrected chi connectivity index (χ4v) is 1.46. The van der Waals surface area contributed by atoms with E-state index >= 15 is 0 Å². The first-order chi connectivity index (χ1) is 7.22. The zero-order valence-corrected chi connectivity index (χ0v) is 8.79. The minimum Gasteiger partial charge on any atom is -0.302 e. The Bertz CT molecular complexity index is 507. The maximum atomic E-state index is 11.6. The molecule has 80 valence electrons. The van der Waals surface area contributed by atoms with E-state index in [1.165, 1.54) is 10.9 Å². The van der Waals surface area contributed by atoms with Gasteiger partial charge >= 0.3 is 5.69 Å². The molecule has 0 aliphatic heterocycles. The Kier molecular flexibility index (Phi) is 2.40. The molecule has 0 aliphatic carbocycles. The third kappa shape index (κ3) is 1.70.